The van der Waals surface area contributed by atoms with Crippen LogP contribution in [0.1, 0.15) is 34.8 Å². The van der Waals surface area contributed by atoms with Crippen molar-refractivity contribution in [2.75, 3.05) is 37.7 Å². The topological polar surface area (TPSA) is 109 Å². The number of piperidine rings is 1. The van der Waals surface area contributed by atoms with Gasteiger partial charge in [-0.3, -0.25) is 9.10 Å². The van der Waals surface area contributed by atoms with Gasteiger partial charge in [-0.2, -0.15) is 0 Å². The fourth-order valence-electron chi connectivity index (χ4n) is 5.62. The first-order chi connectivity index (χ1) is 19.7. The van der Waals surface area contributed by atoms with Crippen molar-refractivity contribution in [3.8, 4) is 22.5 Å². The van der Waals surface area contributed by atoms with Crippen LogP contribution in [-0.2, 0) is 10.0 Å². The van der Waals surface area contributed by atoms with Gasteiger partial charge in [0.25, 0.3) is 5.91 Å². The van der Waals surface area contributed by atoms with Crippen molar-refractivity contribution < 1.29 is 17.6 Å². The van der Waals surface area contributed by atoms with Gasteiger partial charge >= 0.3 is 0 Å². The Kier molecular flexibility index (Phi) is 6.83. The molecule has 1 aliphatic rings. The zero-order valence-corrected chi connectivity index (χ0v) is 24.4. The molecule has 5 aromatic rings. The Balaban J connectivity index is 1.61. The molecule has 2 N–H and O–H groups in total. The number of aryl methyl sites for hydroxylation is 1. The molecule has 1 fully saturated rings. The molecule has 9 nitrogen and oxygen atoms in total. The second-order valence-electron chi connectivity index (χ2n) is 10.7. The normalized spacial score (nSPS) is 15.9. The van der Waals surface area contributed by atoms with E-state index in [2.05, 4.69) is 26.3 Å². The summed E-state index contributed by atoms with van der Waals surface area (Å²) < 4.78 is 35.3. The Morgan fingerprint density at radius 2 is 1.88 bits per heavy atom. The highest BCUT2D eigenvalue weighted by atomic mass is 32.2. The Morgan fingerprint density at radius 1 is 1.12 bits per heavy atom. The van der Waals surface area contributed by atoms with Crippen molar-refractivity contribution in [1.82, 2.24) is 20.2 Å². The number of carbonyl (C=O) groups excluding carboxylic acids is 1. The number of benzene rings is 3. The van der Waals surface area contributed by atoms with Crippen molar-refractivity contribution in [2.45, 2.75) is 25.8 Å². The van der Waals surface area contributed by atoms with Crippen LogP contribution < -0.4 is 14.9 Å². The lowest BCUT2D eigenvalue weighted by Crippen LogP contribution is -2.31. The van der Waals surface area contributed by atoms with Gasteiger partial charge in [0.05, 0.1) is 34.9 Å². The molecule has 10 heteroatoms. The lowest BCUT2D eigenvalue weighted by molar-refractivity contribution is 0.0964. The monoisotopic (exact) mass is 571 g/mol. The van der Waals surface area contributed by atoms with Gasteiger partial charge < -0.3 is 19.6 Å². The second kappa shape index (κ2) is 10.4. The minimum Gasteiger partial charge on any atom is -0.455 e. The van der Waals surface area contributed by atoms with E-state index in [4.69, 9.17) is 4.42 Å². The smallest absolute Gasteiger partial charge is 0.255 e. The first kappa shape index (κ1) is 27.0. The molecule has 1 aliphatic heterocycles. The molecule has 3 heterocycles. The molecule has 1 saturated heterocycles. The van der Waals surface area contributed by atoms with E-state index < -0.39 is 10.0 Å². The molecule has 1 unspecified atom stereocenters. The summed E-state index contributed by atoms with van der Waals surface area (Å²) in [6, 6.07) is 17.6. The number of hydrogen-bond donors (Lipinski definition) is 2. The average molecular weight is 572 g/mol. The van der Waals surface area contributed by atoms with Crippen molar-refractivity contribution in [3.63, 3.8) is 0 Å². The molecular formula is C31H33N5O4S. The predicted octanol–water partition coefficient (Wildman–Crippen LogP) is 5.10. The highest BCUT2D eigenvalue weighted by Crippen LogP contribution is 2.42. The molecule has 2 aromatic heterocycles. The van der Waals surface area contributed by atoms with E-state index in [1.54, 1.807) is 13.1 Å². The molecular weight excluding hydrogens is 538 g/mol. The number of amides is 1. The molecule has 0 saturated carbocycles. The molecule has 6 rings (SSSR count). The predicted molar refractivity (Wildman–Crippen MR) is 163 cm³/mol. The summed E-state index contributed by atoms with van der Waals surface area (Å²) >= 11 is 0. The number of imidazole rings is 1. The van der Waals surface area contributed by atoms with E-state index in [1.807, 2.05) is 55.7 Å². The largest absolute Gasteiger partial charge is 0.455 e. The van der Waals surface area contributed by atoms with Crippen molar-refractivity contribution in [2.24, 2.45) is 0 Å². The fourth-order valence-corrected chi connectivity index (χ4v) is 6.12. The minimum atomic E-state index is -3.61. The van der Waals surface area contributed by atoms with E-state index in [-0.39, 0.29) is 11.9 Å². The van der Waals surface area contributed by atoms with Gasteiger partial charge in [0, 0.05) is 49.3 Å². The van der Waals surface area contributed by atoms with Crippen LogP contribution >= 0.6 is 0 Å². The average Bonchev–Trinajstić information content (AvgIpc) is 3.57. The van der Waals surface area contributed by atoms with Gasteiger partial charge in [-0.05, 0) is 50.1 Å². The van der Waals surface area contributed by atoms with Gasteiger partial charge in [-0.1, -0.05) is 35.9 Å². The molecule has 1 amide bonds. The van der Waals surface area contributed by atoms with Gasteiger partial charge in [0.15, 0.2) is 0 Å². The number of anilines is 1. The number of nitrogens with zero attached hydrogens (tertiary/aromatic N) is 3. The Morgan fingerprint density at radius 3 is 2.56 bits per heavy atom. The van der Waals surface area contributed by atoms with Crippen LogP contribution in [0.15, 0.2) is 65.3 Å². The number of fused-ring (bicyclic) bond motifs is 2. The van der Waals surface area contributed by atoms with Crippen LogP contribution in [0.3, 0.4) is 0 Å². The zero-order valence-electron chi connectivity index (χ0n) is 23.6. The third kappa shape index (κ3) is 4.87. The van der Waals surface area contributed by atoms with Crippen LogP contribution in [0, 0.1) is 6.92 Å². The van der Waals surface area contributed by atoms with Crippen molar-refractivity contribution >= 4 is 43.6 Å². The third-order valence-corrected chi connectivity index (χ3v) is 9.15. The maximum absolute atomic E-state index is 13.2. The lowest BCUT2D eigenvalue weighted by atomic mass is 9.97. The summed E-state index contributed by atoms with van der Waals surface area (Å²) in [5.74, 6) is 0.149. The molecule has 212 valence electrons. The Bertz CT molecular complexity index is 1880. The summed E-state index contributed by atoms with van der Waals surface area (Å²) in [6.45, 7) is 3.88. The highest BCUT2D eigenvalue weighted by molar-refractivity contribution is 7.92. The van der Waals surface area contributed by atoms with Gasteiger partial charge in [-0.15, -0.1) is 0 Å². The van der Waals surface area contributed by atoms with E-state index >= 15 is 0 Å². The first-order valence-electron chi connectivity index (χ1n) is 13.7. The van der Waals surface area contributed by atoms with Crippen LogP contribution in [0.5, 0.6) is 0 Å². The SMILES string of the molecule is CNC(=O)c1c(-c2ccc(C)cc2)oc2cc(N(C)S(C)(=O)=O)c(-c3ccc4ncn(C5CCCNC5)c4c3)cc12. The number of furan rings is 1. The van der Waals surface area contributed by atoms with E-state index in [9.17, 15) is 13.2 Å². The van der Waals surface area contributed by atoms with Crippen LogP contribution in [0.2, 0.25) is 0 Å². The summed E-state index contributed by atoms with van der Waals surface area (Å²) in [7, 11) is -0.494. The summed E-state index contributed by atoms with van der Waals surface area (Å²) in [5.41, 5.74) is 6.46. The highest BCUT2D eigenvalue weighted by Gasteiger charge is 2.26. The van der Waals surface area contributed by atoms with Crippen LogP contribution in [0.4, 0.5) is 5.69 Å². The molecule has 1 atom stereocenters. The summed E-state index contributed by atoms with van der Waals surface area (Å²) in [6.07, 6.45) is 5.21. The molecule has 0 aliphatic carbocycles. The molecule has 0 spiro atoms. The zero-order chi connectivity index (χ0) is 28.9. The first-order valence-corrected chi connectivity index (χ1v) is 15.5. The standard InChI is InChI=1S/C31H33N5O4S/c1-19-7-9-20(10-8-19)30-29(31(37)32-2)24-15-23(26(16-28(24)40-30)35(3)41(4,38)39)21-11-12-25-27(14-21)36(18-34-25)22-6-5-13-33-17-22/h7-12,14-16,18,22,33H,5-6,13,17H2,1-4H3,(H,32,37). The van der Waals surface area contributed by atoms with Gasteiger partial charge in [-0.25, -0.2) is 13.4 Å². The van der Waals surface area contributed by atoms with E-state index in [0.717, 1.165) is 53.7 Å². The molecule has 0 radical (unpaired) electrons. The number of sulfonamides is 1. The maximum atomic E-state index is 13.2. The Hall–Kier alpha value is -4.15. The molecule has 41 heavy (non-hydrogen) atoms. The van der Waals surface area contributed by atoms with Gasteiger partial charge in [0.2, 0.25) is 10.0 Å². The number of aromatic nitrogens is 2. The minimum absolute atomic E-state index is 0.284. The molecule has 0 bridgehead atoms. The lowest BCUT2D eigenvalue weighted by Gasteiger charge is -2.25. The fraction of sp³-hybridized carbons (Fsp3) is 0.290. The number of rotatable bonds is 6. The summed E-state index contributed by atoms with van der Waals surface area (Å²) in [5, 5.41) is 6.81. The van der Waals surface area contributed by atoms with Crippen LogP contribution in [0.25, 0.3) is 44.5 Å². The van der Waals surface area contributed by atoms with E-state index in [0.29, 0.717) is 33.5 Å². The van der Waals surface area contributed by atoms with Gasteiger partial charge in [0.1, 0.15) is 11.3 Å². The quantitative estimate of drug-likeness (QED) is 0.293. The Labute approximate surface area is 239 Å². The number of carbonyl (C=O) groups is 1. The maximum Gasteiger partial charge on any atom is 0.255 e. The second-order valence-corrected chi connectivity index (χ2v) is 12.7. The third-order valence-electron chi connectivity index (χ3n) is 7.96. The van der Waals surface area contributed by atoms with Crippen molar-refractivity contribution in [1.29, 1.82) is 0 Å². The van der Waals surface area contributed by atoms with E-state index in [1.165, 1.54) is 17.6 Å². The van der Waals surface area contributed by atoms with Crippen LogP contribution in [-0.4, -0.2) is 57.3 Å². The number of nitrogens with one attached hydrogen (secondary N) is 2. The van der Waals surface area contributed by atoms with Crippen molar-refractivity contribution in [3.05, 3.63) is 72.1 Å². The molecule has 3 aromatic carbocycles. The number of hydrogen-bond acceptors (Lipinski definition) is 6. The summed E-state index contributed by atoms with van der Waals surface area (Å²) in [4.78, 5) is 17.9.